The van der Waals surface area contributed by atoms with Crippen molar-refractivity contribution < 1.29 is 22.7 Å². The fourth-order valence-corrected chi connectivity index (χ4v) is 7.15. The summed E-state index contributed by atoms with van der Waals surface area (Å²) < 4.78 is 35.3. The van der Waals surface area contributed by atoms with E-state index in [-0.39, 0.29) is 28.4 Å². The first-order valence-electron chi connectivity index (χ1n) is 11.5. The maximum absolute atomic E-state index is 13.3. The van der Waals surface area contributed by atoms with Crippen LogP contribution in [0.15, 0.2) is 76.6 Å². The van der Waals surface area contributed by atoms with Gasteiger partial charge in [-0.3, -0.25) is 13.9 Å². The van der Waals surface area contributed by atoms with E-state index in [0.717, 1.165) is 10.3 Å². The molecule has 3 aromatic carbocycles. The molecule has 0 atom stereocenters. The second kappa shape index (κ2) is 10.1. The van der Waals surface area contributed by atoms with Gasteiger partial charge in [-0.1, -0.05) is 47.2 Å². The molecule has 0 N–H and O–H groups in total. The van der Waals surface area contributed by atoms with Crippen LogP contribution in [0.2, 0.25) is 5.02 Å². The van der Waals surface area contributed by atoms with Crippen molar-refractivity contribution in [2.24, 2.45) is 4.99 Å². The zero-order chi connectivity index (χ0) is 26.2. The molecule has 2 heterocycles. The van der Waals surface area contributed by atoms with Gasteiger partial charge in [0.1, 0.15) is 6.54 Å². The molecular weight excluding hydrogens is 534 g/mol. The number of hydrogen-bond donors (Lipinski definition) is 0. The largest absolute Gasteiger partial charge is 0.465 e. The Balaban J connectivity index is 1.47. The number of carbonyl (C=O) groups excluding carboxylic acids is 2. The average Bonchev–Trinajstić information content (AvgIpc) is 3.47. The number of rotatable bonds is 6. The number of ether oxygens (including phenoxy) is 1. The number of benzene rings is 3. The van der Waals surface area contributed by atoms with Crippen molar-refractivity contribution in [3.05, 3.63) is 87.7 Å². The zero-order valence-electron chi connectivity index (χ0n) is 19.8. The van der Waals surface area contributed by atoms with Gasteiger partial charge in [-0.25, -0.2) is 8.42 Å². The van der Waals surface area contributed by atoms with E-state index in [1.807, 2.05) is 24.3 Å². The predicted molar refractivity (Wildman–Crippen MR) is 142 cm³/mol. The molecule has 5 rings (SSSR count). The molecule has 0 aliphatic carbocycles. The summed E-state index contributed by atoms with van der Waals surface area (Å²) in [4.78, 5) is 29.9. The zero-order valence-corrected chi connectivity index (χ0v) is 22.1. The third kappa shape index (κ3) is 4.79. The van der Waals surface area contributed by atoms with E-state index in [4.69, 9.17) is 16.3 Å². The maximum Gasteiger partial charge on any atom is 0.326 e. The smallest absolute Gasteiger partial charge is 0.326 e. The minimum atomic E-state index is -3.78. The van der Waals surface area contributed by atoms with Gasteiger partial charge < -0.3 is 9.30 Å². The topological polar surface area (TPSA) is 98.0 Å². The third-order valence-corrected chi connectivity index (χ3v) is 9.15. The lowest BCUT2D eigenvalue weighted by Gasteiger charge is -2.19. The Hall–Kier alpha value is -3.47. The first-order chi connectivity index (χ1) is 17.8. The molecule has 1 aliphatic rings. The van der Waals surface area contributed by atoms with Crippen LogP contribution in [0.5, 0.6) is 0 Å². The highest BCUT2D eigenvalue weighted by molar-refractivity contribution is 7.92. The molecule has 0 saturated heterocycles. The number of thiazole rings is 1. The Morgan fingerprint density at radius 1 is 1.05 bits per heavy atom. The number of nitrogens with zero attached hydrogens (tertiary/aromatic N) is 3. The van der Waals surface area contributed by atoms with Crippen molar-refractivity contribution in [1.82, 2.24) is 4.57 Å². The minimum Gasteiger partial charge on any atom is -0.465 e. The van der Waals surface area contributed by atoms with Gasteiger partial charge in [0.15, 0.2) is 4.80 Å². The molecule has 0 unspecified atom stereocenters. The van der Waals surface area contributed by atoms with Crippen LogP contribution in [-0.4, -0.2) is 38.0 Å². The number of fused-ring (bicyclic) bond motifs is 2. The van der Waals surface area contributed by atoms with Crippen LogP contribution >= 0.6 is 22.9 Å². The highest BCUT2D eigenvalue weighted by atomic mass is 35.5. The van der Waals surface area contributed by atoms with Gasteiger partial charge in [-0.05, 0) is 61.4 Å². The van der Waals surface area contributed by atoms with E-state index in [2.05, 4.69) is 4.99 Å². The summed E-state index contributed by atoms with van der Waals surface area (Å²) in [6, 6.07) is 18.4. The van der Waals surface area contributed by atoms with E-state index in [1.54, 1.807) is 29.7 Å². The van der Waals surface area contributed by atoms with E-state index in [1.165, 1.54) is 39.9 Å². The van der Waals surface area contributed by atoms with E-state index in [0.29, 0.717) is 29.2 Å². The monoisotopic (exact) mass is 555 g/mol. The molecule has 1 amide bonds. The van der Waals surface area contributed by atoms with Crippen LogP contribution in [0, 0.1) is 0 Å². The lowest BCUT2D eigenvalue weighted by molar-refractivity contribution is -0.143. The Bertz CT molecular complexity index is 1690. The highest BCUT2D eigenvalue weighted by Gasteiger charge is 2.30. The normalized spacial score (nSPS) is 13.7. The van der Waals surface area contributed by atoms with Crippen LogP contribution in [0.25, 0.3) is 10.2 Å². The van der Waals surface area contributed by atoms with Gasteiger partial charge in [0.05, 0.1) is 32.4 Å². The van der Waals surface area contributed by atoms with Gasteiger partial charge in [-0.15, -0.1) is 0 Å². The fraction of sp³-hybridized carbons (Fsp3) is 0.192. The summed E-state index contributed by atoms with van der Waals surface area (Å²) in [7, 11) is -3.78. The van der Waals surface area contributed by atoms with E-state index < -0.39 is 21.9 Å². The number of anilines is 1. The van der Waals surface area contributed by atoms with Crippen LogP contribution in [-0.2, 0) is 32.5 Å². The standard InChI is InChI=1S/C26H22ClN3O5S2/c1-2-35-23(31)16-29-24-20(27)7-5-9-22(24)36-26(29)28-25(32)18-10-12-19(13-11-18)37(33,34)30-15-14-17-6-3-4-8-21(17)30/h3-13H,2,14-16H2,1H3. The second-order valence-corrected chi connectivity index (χ2v) is 11.5. The molecule has 8 nitrogen and oxygen atoms in total. The summed E-state index contributed by atoms with van der Waals surface area (Å²) in [5.74, 6) is -1.05. The molecule has 190 valence electrons. The predicted octanol–water partition coefficient (Wildman–Crippen LogP) is 4.41. The Morgan fingerprint density at radius 3 is 2.57 bits per heavy atom. The molecule has 1 aliphatic heterocycles. The average molecular weight is 556 g/mol. The Labute approximate surface area is 222 Å². The number of aromatic nitrogens is 1. The van der Waals surface area contributed by atoms with Crippen molar-refractivity contribution in [3.63, 3.8) is 0 Å². The SMILES string of the molecule is CCOC(=O)Cn1c(=NC(=O)c2ccc(S(=O)(=O)N3CCc4ccccc43)cc2)sc2cccc(Cl)c21. The summed E-state index contributed by atoms with van der Waals surface area (Å²) >= 11 is 7.60. The Morgan fingerprint density at radius 2 is 1.81 bits per heavy atom. The van der Waals surface area contributed by atoms with Crippen LogP contribution < -0.4 is 9.11 Å². The molecular formula is C26H22ClN3O5S2. The second-order valence-electron chi connectivity index (χ2n) is 8.26. The Kier molecular flexibility index (Phi) is 6.89. The molecule has 1 aromatic heterocycles. The van der Waals surface area contributed by atoms with Gasteiger partial charge in [0, 0.05) is 12.1 Å². The van der Waals surface area contributed by atoms with Gasteiger partial charge >= 0.3 is 5.97 Å². The maximum atomic E-state index is 13.3. The molecule has 0 radical (unpaired) electrons. The van der Waals surface area contributed by atoms with E-state index >= 15 is 0 Å². The van der Waals surface area contributed by atoms with E-state index in [9.17, 15) is 18.0 Å². The van der Waals surface area contributed by atoms with Crippen LogP contribution in [0.4, 0.5) is 5.69 Å². The molecule has 4 aromatic rings. The summed E-state index contributed by atoms with van der Waals surface area (Å²) in [6.07, 6.45) is 0.649. The summed E-state index contributed by atoms with van der Waals surface area (Å²) in [5.41, 5.74) is 2.46. The lowest BCUT2D eigenvalue weighted by atomic mass is 10.2. The number of para-hydroxylation sites is 2. The first-order valence-corrected chi connectivity index (χ1v) is 14.2. The number of halogens is 1. The molecule has 0 saturated carbocycles. The van der Waals surface area contributed by atoms with Crippen molar-refractivity contribution >= 4 is 60.7 Å². The number of amides is 1. The van der Waals surface area contributed by atoms with Crippen molar-refractivity contribution in [2.75, 3.05) is 17.5 Å². The fourth-order valence-electron chi connectivity index (χ4n) is 4.26. The molecule has 0 fully saturated rings. The molecule has 11 heteroatoms. The summed E-state index contributed by atoms with van der Waals surface area (Å²) in [6.45, 7) is 2.14. The first kappa shape index (κ1) is 25.2. The number of carbonyl (C=O) groups is 2. The quantitative estimate of drug-likeness (QED) is 0.328. The van der Waals surface area contributed by atoms with Crippen LogP contribution in [0.1, 0.15) is 22.8 Å². The highest BCUT2D eigenvalue weighted by Crippen LogP contribution is 2.32. The molecule has 0 bridgehead atoms. The minimum absolute atomic E-state index is 0.0896. The molecule has 0 spiro atoms. The van der Waals surface area contributed by atoms with Crippen molar-refractivity contribution in [3.8, 4) is 0 Å². The van der Waals surface area contributed by atoms with Crippen LogP contribution in [0.3, 0.4) is 0 Å². The third-order valence-electron chi connectivity index (χ3n) is 5.98. The van der Waals surface area contributed by atoms with Crippen molar-refractivity contribution in [1.29, 1.82) is 0 Å². The lowest BCUT2D eigenvalue weighted by Crippen LogP contribution is -2.29. The van der Waals surface area contributed by atoms with Gasteiger partial charge in [0.2, 0.25) is 0 Å². The number of hydrogen-bond acceptors (Lipinski definition) is 6. The van der Waals surface area contributed by atoms with Gasteiger partial charge in [-0.2, -0.15) is 4.99 Å². The summed E-state index contributed by atoms with van der Waals surface area (Å²) in [5, 5.41) is 0.421. The van der Waals surface area contributed by atoms with Gasteiger partial charge in [0.25, 0.3) is 15.9 Å². The molecule has 37 heavy (non-hydrogen) atoms. The number of sulfonamides is 1. The number of esters is 1. The van der Waals surface area contributed by atoms with Crippen molar-refractivity contribution in [2.45, 2.75) is 24.8 Å².